The first kappa shape index (κ1) is 10.1. The lowest BCUT2D eigenvalue weighted by molar-refractivity contribution is -0.0171. The molecule has 1 aliphatic rings. The van der Waals surface area contributed by atoms with Gasteiger partial charge in [0.15, 0.2) is 0 Å². The number of rotatable bonds is 2. The van der Waals surface area contributed by atoms with Gasteiger partial charge in [0.1, 0.15) is 6.23 Å². The van der Waals surface area contributed by atoms with E-state index in [0.29, 0.717) is 0 Å². The summed E-state index contributed by atoms with van der Waals surface area (Å²) in [5.74, 6) is 0.820. The molecule has 3 heteroatoms. The van der Waals surface area contributed by atoms with E-state index >= 15 is 0 Å². The maximum Gasteiger partial charge on any atom is 0.134 e. The lowest BCUT2D eigenvalue weighted by atomic mass is 9.99. The van der Waals surface area contributed by atoms with E-state index in [0.717, 1.165) is 24.6 Å². The molecule has 1 aliphatic heterocycles. The van der Waals surface area contributed by atoms with Gasteiger partial charge in [0.25, 0.3) is 0 Å². The Labute approximate surface area is 89.2 Å². The molecular formula is C11H17NOS. The molecule has 1 saturated heterocycles. The van der Waals surface area contributed by atoms with Crippen LogP contribution in [0.5, 0.6) is 0 Å². The van der Waals surface area contributed by atoms with E-state index in [9.17, 15) is 5.11 Å². The summed E-state index contributed by atoms with van der Waals surface area (Å²) in [5.41, 5.74) is 1.05. The van der Waals surface area contributed by atoms with Gasteiger partial charge in [0.05, 0.1) is 0 Å². The molecule has 0 spiro atoms. The number of likely N-dealkylation sites (tertiary alicyclic amines) is 1. The van der Waals surface area contributed by atoms with E-state index in [4.69, 9.17) is 0 Å². The molecule has 78 valence electrons. The Morgan fingerprint density at radius 2 is 2.21 bits per heavy atom. The van der Waals surface area contributed by atoms with Crippen molar-refractivity contribution in [3.05, 3.63) is 22.4 Å². The summed E-state index contributed by atoms with van der Waals surface area (Å²) in [6, 6.07) is 2.01. The summed E-state index contributed by atoms with van der Waals surface area (Å²) >= 11 is 1.65. The lowest BCUT2D eigenvalue weighted by Crippen LogP contribution is -2.35. The average Bonchev–Trinajstić information content (AvgIpc) is 2.71. The van der Waals surface area contributed by atoms with Crippen LogP contribution in [-0.4, -0.2) is 23.1 Å². The molecular weight excluding hydrogens is 194 g/mol. The van der Waals surface area contributed by atoms with Crippen LogP contribution in [0.3, 0.4) is 0 Å². The molecule has 1 aromatic heterocycles. The van der Waals surface area contributed by atoms with Gasteiger partial charge in [-0.1, -0.05) is 6.92 Å². The van der Waals surface area contributed by atoms with E-state index in [2.05, 4.69) is 11.8 Å². The van der Waals surface area contributed by atoms with Crippen LogP contribution in [0.4, 0.5) is 0 Å². The lowest BCUT2D eigenvalue weighted by Gasteiger charge is -2.33. The minimum absolute atomic E-state index is 0.381. The molecule has 0 amide bonds. The van der Waals surface area contributed by atoms with E-state index in [1.54, 1.807) is 11.3 Å². The Morgan fingerprint density at radius 3 is 2.79 bits per heavy atom. The maximum absolute atomic E-state index is 10.1. The molecule has 0 saturated carbocycles. The van der Waals surface area contributed by atoms with Crippen molar-refractivity contribution in [3.8, 4) is 0 Å². The fourth-order valence-electron chi connectivity index (χ4n) is 1.91. The fourth-order valence-corrected chi connectivity index (χ4v) is 2.58. The van der Waals surface area contributed by atoms with Crippen LogP contribution in [0, 0.1) is 5.92 Å². The van der Waals surface area contributed by atoms with Gasteiger partial charge >= 0.3 is 0 Å². The van der Waals surface area contributed by atoms with Gasteiger partial charge in [0, 0.05) is 18.7 Å². The van der Waals surface area contributed by atoms with E-state index < -0.39 is 0 Å². The first-order chi connectivity index (χ1) is 6.77. The van der Waals surface area contributed by atoms with Crippen LogP contribution < -0.4 is 0 Å². The highest BCUT2D eigenvalue weighted by Crippen LogP contribution is 2.25. The minimum atomic E-state index is -0.381. The Kier molecular flexibility index (Phi) is 3.21. The number of hydrogen-bond donors (Lipinski definition) is 1. The molecule has 2 nitrogen and oxygen atoms in total. The standard InChI is InChI=1S/C11H17NOS/c1-9-2-5-12(6-3-9)11(13)10-4-7-14-8-10/h4,7-9,11,13H,2-3,5-6H2,1H3. The summed E-state index contributed by atoms with van der Waals surface area (Å²) in [4.78, 5) is 2.17. The van der Waals surface area contributed by atoms with E-state index in [-0.39, 0.29) is 6.23 Å². The van der Waals surface area contributed by atoms with Crippen LogP contribution in [0.25, 0.3) is 0 Å². The highest BCUT2D eigenvalue weighted by atomic mass is 32.1. The van der Waals surface area contributed by atoms with Gasteiger partial charge in [-0.15, -0.1) is 0 Å². The number of piperidine rings is 1. The van der Waals surface area contributed by atoms with Crippen molar-refractivity contribution >= 4 is 11.3 Å². The van der Waals surface area contributed by atoms with Gasteiger partial charge in [0.2, 0.25) is 0 Å². The van der Waals surface area contributed by atoms with E-state index in [1.807, 2.05) is 16.8 Å². The molecule has 1 N–H and O–H groups in total. The first-order valence-electron chi connectivity index (χ1n) is 5.21. The van der Waals surface area contributed by atoms with Crippen LogP contribution >= 0.6 is 11.3 Å². The first-order valence-corrected chi connectivity index (χ1v) is 6.16. The second kappa shape index (κ2) is 4.43. The third-order valence-corrected chi connectivity index (χ3v) is 3.71. The summed E-state index contributed by atoms with van der Waals surface area (Å²) in [5, 5.41) is 14.1. The smallest absolute Gasteiger partial charge is 0.134 e. The van der Waals surface area contributed by atoms with Crippen molar-refractivity contribution < 1.29 is 5.11 Å². The molecule has 1 aromatic rings. The maximum atomic E-state index is 10.1. The van der Waals surface area contributed by atoms with Crippen molar-refractivity contribution in [1.82, 2.24) is 4.90 Å². The van der Waals surface area contributed by atoms with Crippen LogP contribution in [0.1, 0.15) is 31.6 Å². The Morgan fingerprint density at radius 1 is 1.50 bits per heavy atom. The van der Waals surface area contributed by atoms with Crippen LogP contribution in [-0.2, 0) is 0 Å². The molecule has 14 heavy (non-hydrogen) atoms. The van der Waals surface area contributed by atoms with Gasteiger partial charge in [-0.2, -0.15) is 11.3 Å². The van der Waals surface area contributed by atoms with Crippen molar-refractivity contribution in [1.29, 1.82) is 0 Å². The summed E-state index contributed by atoms with van der Waals surface area (Å²) in [7, 11) is 0. The second-order valence-corrected chi connectivity index (χ2v) is 4.93. The van der Waals surface area contributed by atoms with Gasteiger partial charge in [-0.25, -0.2) is 0 Å². The normalized spacial score (nSPS) is 22.4. The topological polar surface area (TPSA) is 23.5 Å². The summed E-state index contributed by atoms with van der Waals surface area (Å²) in [6.45, 7) is 4.34. The molecule has 1 fully saturated rings. The molecule has 2 rings (SSSR count). The fraction of sp³-hybridized carbons (Fsp3) is 0.636. The SMILES string of the molecule is CC1CCN(C(O)c2ccsc2)CC1. The average molecular weight is 211 g/mol. The van der Waals surface area contributed by atoms with Gasteiger partial charge < -0.3 is 5.11 Å². The molecule has 0 radical (unpaired) electrons. The zero-order valence-corrected chi connectivity index (χ0v) is 9.33. The second-order valence-electron chi connectivity index (χ2n) is 4.15. The molecule has 0 aliphatic carbocycles. The third-order valence-electron chi connectivity index (χ3n) is 3.01. The number of aliphatic hydroxyl groups is 1. The number of hydrogen-bond acceptors (Lipinski definition) is 3. The summed E-state index contributed by atoms with van der Waals surface area (Å²) < 4.78 is 0. The van der Waals surface area contributed by atoms with Gasteiger partial charge in [-0.3, -0.25) is 4.90 Å². The molecule has 0 aromatic carbocycles. The number of nitrogens with zero attached hydrogens (tertiary/aromatic N) is 1. The number of aliphatic hydroxyl groups excluding tert-OH is 1. The predicted molar refractivity (Wildman–Crippen MR) is 59.2 cm³/mol. The Balaban J connectivity index is 1.95. The van der Waals surface area contributed by atoms with Gasteiger partial charge in [-0.05, 0) is 35.6 Å². The molecule has 0 bridgehead atoms. The molecule has 1 atom stereocenters. The largest absolute Gasteiger partial charge is 0.374 e. The Bertz CT molecular complexity index is 265. The van der Waals surface area contributed by atoms with E-state index in [1.165, 1.54) is 12.8 Å². The quantitative estimate of drug-likeness (QED) is 0.812. The highest BCUT2D eigenvalue weighted by molar-refractivity contribution is 7.07. The van der Waals surface area contributed by atoms with Crippen LogP contribution in [0.15, 0.2) is 16.8 Å². The number of thiophene rings is 1. The molecule has 1 unspecified atom stereocenters. The minimum Gasteiger partial charge on any atom is -0.374 e. The zero-order valence-electron chi connectivity index (χ0n) is 8.52. The highest BCUT2D eigenvalue weighted by Gasteiger charge is 2.22. The molecule has 2 heterocycles. The predicted octanol–water partition coefficient (Wildman–Crippen LogP) is 2.47. The zero-order chi connectivity index (χ0) is 9.97. The van der Waals surface area contributed by atoms with Crippen molar-refractivity contribution in [2.24, 2.45) is 5.92 Å². The summed E-state index contributed by atoms with van der Waals surface area (Å²) in [6.07, 6.45) is 2.04. The van der Waals surface area contributed by atoms with Crippen molar-refractivity contribution in [2.75, 3.05) is 13.1 Å². The monoisotopic (exact) mass is 211 g/mol. The Hall–Kier alpha value is -0.380. The van der Waals surface area contributed by atoms with Crippen molar-refractivity contribution in [3.63, 3.8) is 0 Å². The van der Waals surface area contributed by atoms with Crippen LogP contribution in [0.2, 0.25) is 0 Å². The van der Waals surface area contributed by atoms with Crippen molar-refractivity contribution in [2.45, 2.75) is 26.0 Å². The third kappa shape index (κ3) is 2.16.